The standard InChI is InChI=1S/C34H37ClN4O3S/c1-5-42-31-13-10-23(35)15-30(31)39-29(14-20(2)3)26(33(40)38-17-24-11-12-25(18-38)36-24)16-27(34(39)41)32-37-28(19-43-32)22-8-6-21(4)7-9-22/h6-10,14-16,19,24-25,31,36H,5,11-13,17-18H2,1-4H3/t24?,25?,31-/m1/s1. The molecule has 0 spiro atoms. The van der Waals surface area contributed by atoms with Crippen molar-refractivity contribution in [2.24, 2.45) is 0 Å². The number of nitrogens with zero attached hydrogens (tertiary/aromatic N) is 3. The van der Waals surface area contributed by atoms with Crippen LogP contribution in [-0.2, 0) is 4.74 Å². The molecule has 1 amide bonds. The van der Waals surface area contributed by atoms with Gasteiger partial charge in [0, 0.05) is 47.8 Å². The van der Waals surface area contributed by atoms with Crippen LogP contribution < -0.4 is 10.9 Å². The largest absolute Gasteiger partial charge is 0.372 e. The van der Waals surface area contributed by atoms with Crippen molar-refractivity contribution in [1.82, 2.24) is 19.8 Å². The molecule has 2 bridgehead atoms. The van der Waals surface area contributed by atoms with E-state index in [1.54, 1.807) is 16.7 Å². The number of halogens is 1. The third-order valence-corrected chi connectivity index (χ3v) is 9.39. The maximum atomic E-state index is 14.6. The van der Waals surface area contributed by atoms with E-state index in [1.807, 2.05) is 74.4 Å². The summed E-state index contributed by atoms with van der Waals surface area (Å²) in [6, 6.07) is 10.5. The van der Waals surface area contributed by atoms with Crippen LogP contribution in [0.25, 0.3) is 33.6 Å². The average molecular weight is 617 g/mol. The molecule has 2 fully saturated rings. The lowest BCUT2D eigenvalue weighted by molar-refractivity contribution is 0.0696. The first-order valence-electron chi connectivity index (χ1n) is 14.9. The van der Waals surface area contributed by atoms with Gasteiger partial charge in [0.05, 0.1) is 28.2 Å². The number of hydrogen-bond donors (Lipinski definition) is 1. The number of hydrogen-bond acceptors (Lipinski definition) is 6. The van der Waals surface area contributed by atoms with Crippen LogP contribution in [0.15, 0.2) is 63.3 Å². The maximum Gasteiger partial charge on any atom is 0.265 e. The van der Waals surface area contributed by atoms with Gasteiger partial charge in [0.1, 0.15) is 11.1 Å². The number of piperazine rings is 1. The van der Waals surface area contributed by atoms with Gasteiger partial charge in [-0.05, 0) is 65.2 Å². The van der Waals surface area contributed by atoms with Crippen LogP contribution in [-0.4, -0.2) is 58.2 Å². The van der Waals surface area contributed by atoms with Crippen LogP contribution in [0.5, 0.6) is 0 Å². The number of fused-ring (bicyclic) bond motifs is 2. The van der Waals surface area contributed by atoms with Crippen LogP contribution in [0.4, 0.5) is 0 Å². The first kappa shape index (κ1) is 29.8. The van der Waals surface area contributed by atoms with E-state index in [0.717, 1.165) is 29.7 Å². The van der Waals surface area contributed by atoms with E-state index in [1.165, 1.54) is 16.9 Å². The molecule has 2 saturated heterocycles. The lowest BCUT2D eigenvalue weighted by Gasteiger charge is -2.34. The van der Waals surface area contributed by atoms with Crippen LogP contribution in [0.2, 0.25) is 0 Å². The van der Waals surface area contributed by atoms with Crippen molar-refractivity contribution < 1.29 is 9.53 Å². The predicted molar refractivity (Wildman–Crippen MR) is 175 cm³/mol. The second kappa shape index (κ2) is 12.4. The molecule has 9 heteroatoms. The quantitative estimate of drug-likeness (QED) is 0.319. The molecule has 3 aliphatic rings. The van der Waals surface area contributed by atoms with Gasteiger partial charge in [-0.2, -0.15) is 0 Å². The number of pyridine rings is 1. The van der Waals surface area contributed by atoms with E-state index in [4.69, 9.17) is 21.3 Å². The Morgan fingerprint density at radius 1 is 1.19 bits per heavy atom. The van der Waals surface area contributed by atoms with Crippen LogP contribution in [0, 0.1) is 6.92 Å². The molecule has 0 saturated carbocycles. The molecule has 43 heavy (non-hydrogen) atoms. The van der Waals surface area contributed by atoms with Gasteiger partial charge < -0.3 is 15.0 Å². The zero-order valence-electron chi connectivity index (χ0n) is 25.0. The van der Waals surface area contributed by atoms with Crippen molar-refractivity contribution >= 4 is 40.6 Å². The van der Waals surface area contributed by atoms with Gasteiger partial charge in [-0.25, -0.2) is 4.98 Å². The molecule has 1 aromatic carbocycles. The van der Waals surface area contributed by atoms with Gasteiger partial charge in [0.15, 0.2) is 0 Å². The normalized spacial score (nSPS) is 21.4. The van der Waals surface area contributed by atoms with E-state index in [-0.39, 0.29) is 17.6 Å². The van der Waals surface area contributed by atoms with E-state index in [9.17, 15) is 9.59 Å². The number of ether oxygens (including phenoxy) is 1. The first-order chi connectivity index (χ1) is 20.7. The van der Waals surface area contributed by atoms with Crippen molar-refractivity contribution in [3.05, 3.63) is 85.6 Å². The topological polar surface area (TPSA) is 76.5 Å². The van der Waals surface area contributed by atoms with E-state index < -0.39 is 0 Å². The zero-order chi connectivity index (χ0) is 30.2. The number of amides is 1. The predicted octanol–water partition coefficient (Wildman–Crippen LogP) is 6.72. The first-order valence-corrected chi connectivity index (χ1v) is 16.2. The minimum atomic E-state index is -0.387. The lowest BCUT2D eigenvalue weighted by Crippen LogP contribution is -2.53. The average Bonchev–Trinajstić information content (AvgIpc) is 3.60. The SMILES string of the molecule is CCO[C@@H]1CC=C(Cl)C=C1n1c(C=C(C)C)c(C(=O)N2CC3CCC(C2)N3)cc(-c2nc(-c3ccc(C)cc3)cs2)c1=O. The summed E-state index contributed by atoms with van der Waals surface area (Å²) < 4.78 is 7.76. The minimum absolute atomic E-state index is 0.0813. The number of carbonyl (C=O) groups excluding carboxylic acids is 1. The number of aromatic nitrogens is 2. The lowest BCUT2D eigenvalue weighted by atomic mass is 10.0. The van der Waals surface area contributed by atoms with Crippen molar-refractivity contribution in [3.63, 3.8) is 0 Å². The molecule has 2 aliphatic heterocycles. The maximum absolute atomic E-state index is 14.6. The van der Waals surface area contributed by atoms with E-state index in [2.05, 4.69) is 5.32 Å². The summed E-state index contributed by atoms with van der Waals surface area (Å²) in [6.45, 7) is 9.69. The highest BCUT2D eigenvalue weighted by atomic mass is 35.5. The molecule has 224 valence electrons. The Labute approximate surface area is 261 Å². The summed E-state index contributed by atoms with van der Waals surface area (Å²) in [5.74, 6) is -0.0813. The molecule has 0 radical (unpaired) electrons. The molecule has 6 rings (SSSR count). The Balaban J connectivity index is 1.57. The number of rotatable bonds is 7. The van der Waals surface area contributed by atoms with Crippen LogP contribution in [0.3, 0.4) is 0 Å². The highest BCUT2D eigenvalue weighted by Crippen LogP contribution is 2.33. The van der Waals surface area contributed by atoms with Crippen LogP contribution in [0.1, 0.15) is 61.6 Å². The molecule has 1 aliphatic carbocycles. The monoisotopic (exact) mass is 616 g/mol. The van der Waals surface area contributed by atoms with Gasteiger partial charge in [-0.3, -0.25) is 14.2 Å². The number of likely N-dealkylation sites (tertiary alicyclic amines) is 1. The number of carbonyl (C=O) groups is 1. The van der Waals surface area contributed by atoms with E-state index >= 15 is 0 Å². The number of nitrogens with one attached hydrogen (secondary N) is 1. The fraction of sp³-hybridized carbons (Fsp3) is 0.382. The summed E-state index contributed by atoms with van der Waals surface area (Å²) in [7, 11) is 0. The summed E-state index contributed by atoms with van der Waals surface area (Å²) in [6.07, 6.45) is 7.88. The molecule has 1 N–H and O–H groups in total. The minimum Gasteiger partial charge on any atom is -0.372 e. The Hall–Kier alpha value is -3.30. The van der Waals surface area contributed by atoms with Gasteiger partial charge in [0.25, 0.3) is 11.5 Å². The molecule has 3 atom stereocenters. The molecule has 3 aromatic rings. The van der Waals surface area contributed by atoms with Gasteiger partial charge in [0.2, 0.25) is 0 Å². The molecular weight excluding hydrogens is 580 g/mol. The third kappa shape index (κ3) is 6.07. The number of thiazole rings is 1. The fourth-order valence-electron chi connectivity index (χ4n) is 6.21. The van der Waals surface area contributed by atoms with Crippen LogP contribution >= 0.6 is 22.9 Å². The highest BCUT2D eigenvalue weighted by Gasteiger charge is 2.36. The molecule has 2 aromatic heterocycles. The van der Waals surface area contributed by atoms with Crippen molar-refractivity contribution in [2.45, 2.75) is 65.1 Å². The zero-order valence-corrected chi connectivity index (χ0v) is 26.6. The van der Waals surface area contributed by atoms with Crippen molar-refractivity contribution in [2.75, 3.05) is 19.7 Å². The summed E-state index contributed by atoms with van der Waals surface area (Å²) in [5.41, 5.74) is 5.68. The Morgan fingerprint density at radius 2 is 1.91 bits per heavy atom. The molecular formula is C34H37ClN4O3S. The summed E-state index contributed by atoms with van der Waals surface area (Å²) >= 11 is 7.95. The molecule has 2 unspecified atom stereocenters. The highest BCUT2D eigenvalue weighted by molar-refractivity contribution is 7.13. The third-order valence-electron chi connectivity index (χ3n) is 8.25. The van der Waals surface area contributed by atoms with Gasteiger partial charge in [-0.1, -0.05) is 53.1 Å². The van der Waals surface area contributed by atoms with Crippen molar-refractivity contribution in [1.29, 1.82) is 0 Å². The van der Waals surface area contributed by atoms with Gasteiger partial charge in [-0.15, -0.1) is 11.3 Å². The Kier molecular flexibility index (Phi) is 8.56. The Morgan fingerprint density at radius 3 is 2.58 bits per heavy atom. The fourth-order valence-corrected chi connectivity index (χ4v) is 7.25. The number of allylic oxidation sites excluding steroid dienone is 3. The number of aryl methyl sites for hydroxylation is 1. The molecule has 7 nitrogen and oxygen atoms in total. The summed E-state index contributed by atoms with van der Waals surface area (Å²) in [5, 5.41) is 6.68. The van der Waals surface area contributed by atoms with Crippen molar-refractivity contribution in [3.8, 4) is 21.8 Å². The van der Waals surface area contributed by atoms with Gasteiger partial charge >= 0.3 is 0 Å². The Bertz CT molecular complexity index is 1690. The smallest absolute Gasteiger partial charge is 0.265 e. The second-order valence-corrected chi connectivity index (χ2v) is 13.1. The summed E-state index contributed by atoms with van der Waals surface area (Å²) in [4.78, 5) is 35.9. The number of benzene rings is 1. The van der Waals surface area contributed by atoms with E-state index in [0.29, 0.717) is 70.8 Å². The second-order valence-electron chi connectivity index (χ2n) is 11.8. The molecule has 4 heterocycles.